The molecule has 1 aromatic carbocycles. The maximum atomic E-state index is 4.93. The van der Waals surface area contributed by atoms with Gasteiger partial charge < -0.3 is 0 Å². The molecule has 0 amide bonds. The molecule has 0 bridgehead atoms. The first-order valence-electron chi connectivity index (χ1n) is 2.98. The quantitative estimate of drug-likeness (QED) is 0.492. The Bertz CT molecular complexity index is 205. The Hall–Kier alpha value is 0.295. The van der Waals surface area contributed by atoms with Gasteiger partial charge >= 0.3 is 84.5 Å². The Balaban J connectivity index is 2.74. The van der Waals surface area contributed by atoms with Gasteiger partial charge in [0.05, 0.1) is 0 Å². The summed E-state index contributed by atoms with van der Waals surface area (Å²) in [5.41, 5.74) is 0.949. The van der Waals surface area contributed by atoms with Crippen molar-refractivity contribution in [2.45, 2.75) is 0 Å². The molecule has 62 valence electrons. The first-order chi connectivity index (χ1) is 5.38. The number of thiol groups is 1. The first-order valence-corrected chi connectivity index (χ1v) is 4.23. The summed E-state index contributed by atoms with van der Waals surface area (Å²) < 4.78 is 9.68. The van der Waals surface area contributed by atoms with Crippen LogP contribution in [0.1, 0.15) is 0 Å². The van der Waals surface area contributed by atoms with E-state index in [2.05, 4.69) is 12.9 Å². The molecule has 0 aliphatic heterocycles. The zero-order valence-corrected chi connectivity index (χ0v) is 8.59. The van der Waals surface area contributed by atoms with Crippen molar-refractivity contribution in [3.05, 3.63) is 30.3 Å². The number of hydrogen-bond acceptors (Lipinski definition) is 3. The summed E-state index contributed by atoms with van der Waals surface area (Å²) in [7, 11) is -0.400. The van der Waals surface area contributed by atoms with Crippen molar-refractivity contribution in [1.82, 2.24) is 0 Å². The number of benzene rings is 1. The fourth-order valence-electron chi connectivity index (χ4n) is 0.725. The molecule has 0 aromatic heterocycles. The third-order valence-electron chi connectivity index (χ3n) is 1.23. The van der Waals surface area contributed by atoms with Crippen LogP contribution >= 0.6 is 12.9 Å². The van der Waals surface area contributed by atoms with Crippen LogP contribution < -0.4 is 5.46 Å². The second-order valence-corrected chi connectivity index (χ2v) is 2.64. The standard InChI is InChI=1S/C6H6BO2S.Au/c8-7(9-10)6-4-2-1-3-5-6;/h1-5,10H;/q-1;+1. The molecule has 1 rings (SSSR count). The predicted octanol–water partition coefficient (Wildman–Crippen LogP) is 0.722. The average molecular weight is 350 g/mol. The van der Waals surface area contributed by atoms with E-state index in [-0.39, 0.29) is 0 Å². The van der Waals surface area contributed by atoms with Crippen LogP contribution in [-0.2, 0) is 28.7 Å². The summed E-state index contributed by atoms with van der Waals surface area (Å²) in [5, 5.41) is 0. The van der Waals surface area contributed by atoms with Crippen molar-refractivity contribution in [3.63, 3.8) is 0 Å². The van der Waals surface area contributed by atoms with E-state index >= 15 is 0 Å². The van der Waals surface area contributed by atoms with E-state index < -0.39 is 7.12 Å². The van der Waals surface area contributed by atoms with Gasteiger partial charge in [-0.05, 0) is 0 Å². The average Bonchev–Trinajstić information content (AvgIpc) is 2.09. The normalized spacial score (nSPS) is 9.73. The Labute approximate surface area is 84.5 Å². The predicted molar refractivity (Wildman–Crippen MR) is 43.0 cm³/mol. The first kappa shape index (κ1) is 9.38. The van der Waals surface area contributed by atoms with Gasteiger partial charge in [-0.15, -0.1) is 0 Å². The van der Waals surface area contributed by atoms with E-state index in [4.69, 9.17) is 7.26 Å². The monoisotopic (exact) mass is 350 g/mol. The summed E-state index contributed by atoms with van der Waals surface area (Å²) in [5.74, 6) is 0. The van der Waals surface area contributed by atoms with Gasteiger partial charge in [0.15, 0.2) is 0 Å². The fraction of sp³-hybridized carbons (Fsp3) is 0. The van der Waals surface area contributed by atoms with Crippen molar-refractivity contribution in [3.8, 4) is 0 Å². The second-order valence-electron chi connectivity index (χ2n) is 1.92. The number of rotatable bonds is 3. The van der Waals surface area contributed by atoms with Gasteiger partial charge in [0.1, 0.15) is 0 Å². The van der Waals surface area contributed by atoms with E-state index in [0.717, 1.165) is 5.46 Å². The van der Waals surface area contributed by atoms with Gasteiger partial charge in [0.2, 0.25) is 0 Å². The van der Waals surface area contributed by atoms with Crippen molar-refractivity contribution >= 4 is 25.5 Å². The minimum absolute atomic E-state index is 0.400. The zero-order valence-electron chi connectivity index (χ0n) is 5.53. The zero-order chi connectivity index (χ0) is 8.10. The molecule has 0 N–H and O–H groups in total. The molecular weight excluding hydrogens is 344 g/mol. The Morgan fingerprint density at radius 2 is 1.91 bits per heavy atom. The van der Waals surface area contributed by atoms with Crippen LogP contribution in [-0.4, -0.2) is 7.12 Å². The molecule has 11 heavy (non-hydrogen) atoms. The van der Waals surface area contributed by atoms with E-state index in [1.807, 2.05) is 51.8 Å². The van der Waals surface area contributed by atoms with Gasteiger partial charge in [-0.3, -0.25) is 0 Å². The van der Waals surface area contributed by atoms with Crippen LogP contribution in [0.25, 0.3) is 0 Å². The SMILES string of the molecule is SOB([O][Au])c1ccccc1. The van der Waals surface area contributed by atoms with Crippen LogP contribution in [0.4, 0.5) is 0 Å². The van der Waals surface area contributed by atoms with Crippen LogP contribution in [0.2, 0.25) is 0 Å². The van der Waals surface area contributed by atoms with Crippen LogP contribution in [0.15, 0.2) is 30.3 Å². The molecule has 0 saturated heterocycles. The van der Waals surface area contributed by atoms with Crippen LogP contribution in [0, 0.1) is 0 Å². The van der Waals surface area contributed by atoms with E-state index in [9.17, 15) is 0 Å². The molecule has 0 fully saturated rings. The van der Waals surface area contributed by atoms with Crippen LogP contribution in [0.5, 0.6) is 0 Å². The van der Waals surface area contributed by atoms with E-state index in [1.165, 1.54) is 0 Å². The fourth-order valence-corrected chi connectivity index (χ4v) is 1.45. The molecule has 5 heteroatoms. The molecule has 0 spiro atoms. The summed E-state index contributed by atoms with van der Waals surface area (Å²) in [6, 6.07) is 9.60. The summed E-state index contributed by atoms with van der Waals surface area (Å²) in [4.78, 5) is 0. The third kappa shape index (κ3) is 2.67. The van der Waals surface area contributed by atoms with Gasteiger partial charge in [-0.2, -0.15) is 0 Å². The van der Waals surface area contributed by atoms with Crippen molar-refractivity contribution in [2.24, 2.45) is 0 Å². The van der Waals surface area contributed by atoms with Gasteiger partial charge in [0.25, 0.3) is 0 Å². The molecule has 2 nitrogen and oxygen atoms in total. The molecule has 0 atom stereocenters. The Kier molecular flexibility index (Phi) is 4.29. The van der Waals surface area contributed by atoms with Crippen molar-refractivity contribution < 1.29 is 28.7 Å². The second kappa shape index (κ2) is 5.03. The van der Waals surface area contributed by atoms with Gasteiger partial charge in [-0.25, -0.2) is 0 Å². The van der Waals surface area contributed by atoms with Crippen molar-refractivity contribution in [1.29, 1.82) is 0 Å². The molecule has 0 unspecified atom stereocenters. The maximum absolute atomic E-state index is 4.93. The number of hydrogen-bond donors (Lipinski definition) is 1. The van der Waals surface area contributed by atoms with Gasteiger partial charge in [0, 0.05) is 0 Å². The van der Waals surface area contributed by atoms with Gasteiger partial charge in [-0.1, -0.05) is 0 Å². The van der Waals surface area contributed by atoms with Crippen LogP contribution in [0.3, 0.4) is 0 Å². The Morgan fingerprint density at radius 3 is 2.36 bits per heavy atom. The minimum atomic E-state index is -0.400. The molecule has 0 radical (unpaired) electrons. The van der Waals surface area contributed by atoms with E-state index in [0.29, 0.717) is 0 Å². The molecule has 0 heterocycles. The topological polar surface area (TPSA) is 18.5 Å². The van der Waals surface area contributed by atoms with E-state index in [1.54, 1.807) is 0 Å². The third-order valence-corrected chi connectivity index (χ3v) is 1.89. The van der Waals surface area contributed by atoms with Crippen molar-refractivity contribution in [2.75, 3.05) is 0 Å². The summed E-state index contributed by atoms with van der Waals surface area (Å²) >= 11 is 5.62. The summed E-state index contributed by atoms with van der Waals surface area (Å²) in [6.45, 7) is 0. The Morgan fingerprint density at radius 1 is 1.27 bits per heavy atom. The molecule has 0 saturated carbocycles. The molecule has 1 aromatic rings. The molecule has 0 aliphatic rings. The molecular formula is C6H6AuBO2S. The molecule has 0 aliphatic carbocycles. The summed E-state index contributed by atoms with van der Waals surface area (Å²) in [6.07, 6.45) is 0.